The SMILES string of the molecule is CCCC(CC)(CN)N1CCC[C@H]2CCCC[C@H]21. The van der Waals surface area contributed by atoms with Gasteiger partial charge in [-0.15, -0.1) is 0 Å². The van der Waals surface area contributed by atoms with Crippen LogP contribution in [0.15, 0.2) is 0 Å². The first-order valence-electron chi connectivity index (χ1n) is 8.24. The first kappa shape index (κ1) is 14.3. The second-order valence-electron chi connectivity index (χ2n) is 6.48. The van der Waals surface area contributed by atoms with Crippen LogP contribution in [0.5, 0.6) is 0 Å². The third-order valence-corrected chi connectivity index (χ3v) is 5.61. The molecule has 2 heteroatoms. The molecule has 0 aromatic heterocycles. The van der Waals surface area contributed by atoms with Gasteiger partial charge in [0.25, 0.3) is 0 Å². The number of piperidine rings is 1. The maximum atomic E-state index is 6.22. The minimum Gasteiger partial charge on any atom is -0.329 e. The number of fused-ring (bicyclic) bond motifs is 1. The molecule has 18 heavy (non-hydrogen) atoms. The van der Waals surface area contributed by atoms with Gasteiger partial charge in [-0.25, -0.2) is 0 Å². The van der Waals surface area contributed by atoms with Crippen molar-refractivity contribution in [3.05, 3.63) is 0 Å². The van der Waals surface area contributed by atoms with Gasteiger partial charge >= 0.3 is 0 Å². The number of hydrogen-bond donors (Lipinski definition) is 1. The van der Waals surface area contributed by atoms with Gasteiger partial charge in [-0.05, 0) is 51.0 Å². The molecule has 1 unspecified atom stereocenters. The molecule has 1 saturated carbocycles. The molecule has 1 aliphatic carbocycles. The molecule has 0 bridgehead atoms. The van der Waals surface area contributed by atoms with Crippen molar-refractivity contribution in [2.45, 2.75) is 83.2 Å². The van der Waals surface area contributed by atoms with E-state index in [2.05, 4.69) is 18.7 Å². The smallest absolute Gasteiger partial charge is 0.0332 e. The van der Waals surface area contributed by atoms with E-state index in [-0.39, 0.29) is 0 Å². The molecule has 0 radical (unpaired) electrons. The van der Waals surface area contributed by atoms with Gasteiger partial charge in [-0.1, -0.05) is 33.1 Å². The van der Waals surface area contributed by atoms with Crippen molar-refractivity contribution in [3.63, 3.8) is 0 Å². The molecule has 2 fully saturated rings. The molecule has 2 N–H and O–H groups in total. The Morgan fingerprint density at radius 2 is 1.83 bits per heavy atom. The summed E-state index contributed by atoms with van der Waals surface area (Å²) in [7, 11) is 0. The maximum Gasteiger partial charge on any atom is 0.0332 e. The number of likely N-dealkylation sites (tertiary alicyclic amines) is 1. The molecule has 1 saturated heterocycles. The Balaban J connectivity index is 2.16. The van der Waals surface area contributed by atoms with Crippen molar-refractivity contribution in [3.8, 4) is 0 Å². The number of nitrogens with zero attached hydrogens (tertiary/aromatic N) is 1. The van der Waals surface area contributed by atoms with E-state index < -0.39 is 0 Å². The van der Waals surface area contributed by atoms with E-state index in [4.69, 9.17) is 5.73 Å². The lowest BCUT2D eigenvalue weighted by molar-refractivity contribution is -0.0322. The molecule has 0 aromatic carbocycles. The summed E-state index contributed by atoms with van der Waals surface area (Å²) in [6.07, 6.45) is 12.4. The van der Waals surface area contributed by atoms with E-state index in [0.717, 1.165) is 18.5 Å². The average molecular weight is 252 g/mol. The van der Waals surface area contributed by atoms with Crippen molar-refractivity contribution in [2.75, 3.05) is 13.1 Å². The minimum absolute atomic E-state index is 0.301. The van der Waals surface area contributed by atoms with Crippen molar-refractivity contribution in [1.29, 1.82) is 0 Å². The van der Waals surface area contributed by atoms with Crippen molar-refractivity contribution < 1.29 is 0 Å². The van der Waals surface area contributed by atoms with Crippen LogP contribution >= 0.6 is 0 Å². The Morgan fingerprint density at radius 1 is 1.11 bits per heavy atom. The third kappa shape index (κ3) is 2.60. The highest BCUT2D eigenvalue weighted by molar-refractivity contribution is 4.98. The molecule has 0 aromatic rings. The molecule has 2 rings (SSSR count). The van der Waals surface area contributed by atoms with Gasteiger partial charge in [0, 0.05) is 18.1 Å². The Labute approximate surface area is 113 Å². The average Bonchev–Trinajstić information content (AvgIpc) is 2.44. The molecule has 0 amide bonds. The zero-order valence-corrected chi connectivity index (χ0v) is 12.5. The predicted octanol–water partition coefficient (Wildman–Crippen LogP) is 3.55. The first-order chi connectivity index (χ1) is 8.77. The second kappa shape index (κ2) is 6.38. The van der Waals surface area contributed by atoms with Gasteiger partial charge in [-0.2, -0.15) is 0 Å². The Kier molecular flexibility index (Phi) is 5.08. The second-order valence-corrected chi connectivity index (χ2v) is 6.48. The van der Waals surface area contributed by atoms with Gasteiger partial charge in [0.1, 0.15) is 0 Å². The highest BCUT2D eigenvalue weighted by Gasteiger charge is 2.42. The van der Waals surface area contributed by atoms with Gasteiger partial charge in [-0.3, -0.25) is 4.90 Å². The van der Waals surface area contributed by atoms with Gasteiger partial charge in [0.2, 0.25) is 0 Å². The summed E-state index contributed by atoms with van der Waals surface area (Å²) < 4.78 is 0. The zero-order valence-electron chi connectivity index (χ0n) is 12.5. The van der Waals surface area contributed by atoms with Gasteiger partial charge in [0.05, 0.1) is 0 Å². The Bertz CT molecular complexity index is 245. The molecule has 0 spiro atoms. The van der Waals surface area contributed by atoms with E-state index in [1.54, 1.807) is 0 Å². The number of rotatable bonds is 5. The van der Waals surface area contributed by atoms with Crippen LogP contribution in [-0.4, -0.2) is 29.6 Å². The van der Waals surface area contributed by atoms with Crippen LogP contribution in [0.25, 0.3) is 0 Å². The fourth-order valence-electron chi connectivity index (χ4n) is 4.57. The largest absolute Gasteiger partial charge is 0.329 e. The number of hydrogen-bond acceptors (Lipinski definition) is 2. The van der Waals surface area contributed by atoms with E-state index >= 15 is 0 Å². The van der Waals surface area contributed by atoms with Gasteiger partial charge < -0.3 is 5.73 Å². The van der Waals surface area contributed by atoms with E-state index in [1.807, 2.05) is 0 Å². The highest BCUT2D eigenvalue weighted by Crippen LogP contribution is 2.40. The summed E-state index contributed by atoms with van der Waals surface area (Å²) in [5, 5.41) is 0. The predicted molar refractivity (Wildman–Crippen MR) is 78.7 cm³/mol. The highest BCUT2D eigenvalue weighted by atomic mass is 15.2. The zero-order chi connectivity index (χ0) is 13.0. The van der Waals surface area contributed by atoms with Crippen molar-refractivity contribution in [2.24, 2.45) is 11.7 Å². The van der Waals surface area contributed by atoms with Gasteiger partial charge in [0.15, 0.2) is 0 Å². The van der Waals surface area contributed by atoms with Crippen LogP contribution in [-0.2, 0) is 0 Å². The lowest BCUT2D eigenvalue weighted by atomic mass is 9.74. The van der Waals surface area contributed by atoms with Crippen molar-refractivity contribution in [1.82, 2.24) is 4.90 Å². The first-order valence-corrected chi connectivity index (χ1v) is 8.24. The fraction of sp³-hybridized carbons (Fsp3) is 1.00. The van der Waals surface area contributed by atoms with E-state index in [9.17, 15) is 0 Å². The minimum atomic E-state index is 0.301. The lowest BCUT2D eigenvalue weighted by Gasteiger charge is -2.53. The Morgan fingerprint density at radius 3 is 2.50 bits per heavy atom. The van der Waals surface area contributed by atoms with Crippen LogP contribution in [0.3, 0.4) is 0 Å². The van der Waals surface area contributed by atoms with Crippen LogP contribution in [0.1, 0.15) is 71.6 Å². The monoisotopic (exact) mass is 252 g/mol. The summed E-state index contributed by atoms with van der Waals surface area (Å²) in [5.74, 6) is 0.974. The Hall–Kier alpha value is -0.0800. The summed E-state index contributed by atoms with van der Waals surface area (Å²) >= 11 is 0. The molecule has 1 aliphatic heterocycles. The molecular formula is C16H32N2. The van der Waals surface area contributed by atoms with Crippen LogP contribution in [0.4, 0.5) is 0 Å². The standard InChI is InChI=1S/C16H32N2/c1-3-11-16(4-2,13-17)18-12-7-9-14-8-5-6-10-15(14)18/h14-15H,3-13,17H2,1-2H3/t14-,15-,16?/m1/s1. The van der Waals surface area contributed by atoms with E-state index in [1.165, 1.54) is 64.3 Å². The third-order valence-electron chi connectivity index (χ3n) is 5.61. The molecule has 2 nitrogen and oxygen atoms in total. The number of nitrogens with two attached hydrogens (primary N) is 1. The van der Waals surface area contributed by atoms with Crippen LogP contribution in [0, 0.1) is 5.92 Å². The topological polar surface area (TPSA) is 29.3 Å². The quantitative estimate of drug-likeness (QED) is 0.811. The van der Waals surface area contributed by atoms with Crippen LogP contribution < -0.4 is 5.73 Å². The lowest BCUT2D eigenvalue weighted by Crippen LogP contribution is -2.61. The summed E-state index contributed by atoms with van der Waals surface area (Å²) in [5.41, 5.74) is 6.52. The summed E-state index contributed by atoms with van der Waals surface area (Å²) in [6, 6.07) is 0.850. The van der Waals surface area contributed by atoms with Crippen molar-refractivity contribution >= 4 is 0 Å². The normalized spacial score (nSPS) is 32.8. The fourth-order valence-corrected chi connectivity index (χ4v) is 4.57. The maximum absolute atomic E-state index is 6.22. The molecular weight excluding hydrogens is 220 g/mol. The summed E-state index contributed by atoms with van der Waals surface area (Å²) in [6.45, 7) is 6.80. The molecule has 2 aliphatic rings. The molecule has 3 atom stereocenters. The van der Waals surface area contributed by atoms with E-state index in [0.29, 0.717) is 5.54 Å². The van der Waals surface area contributed by atoms with Crippen LogP contribution in [0.2, 0.25) is 0 Å². The summed E-state index contributed by atoms with van der Waals surface area (Å²) in [4.78, 5) is 2.85. The molecule has 106 valence electrons. The molecule has 1 heterocycles.